The monoisotopic (exact) mass is 356 g/mol. The van der Waals surface area contributed by atoms with Crippen molar-refractivity contribution in [1.82, 2.24) is 15.0 Å². The number of rotatable bonds is 1. The molecule has 0 atom stereocenters. The highest BCUT2D eigenvalue weighted by atomic mass is 79.9. The predicted octanol–water partition coefficient (Wildman–Crippen LogP) is 4.28. The molecule has 0 unspecified atom stereocenters. The molecule has 19 heavy (non-hydrogen) atoms. The van der Waals surface area contributed by atoms with Gasteiger partial charge in [-0.15, -0.1) is 0 Å². The fraction of sp³-hybridized carbons (Fsp3) is 0. The van der Waals surface area contributed by atoms with E-state index in [9.17, 15) is 0 Å². The average molecular weight is 358 g/mol. The first-order valence-electron chi connectivity index (χ1n) is 5.32. The molecule has 1 aromatic carbocycles. The van der Waals surface area contributed by atoms with Crippen LogP contribution in [0.25, 0.3) is 22.4 Å². The summed E-state index contributed by atoms with van der Waals surface area (Å²) in [6, 6.07) is 5.29. The third-order valence-electron chi connectivity index (χ3n) is 2.70. The first kappa shape index (κ1) is 12.7. The molecule has 0 saturated carbocycles. The number of pyridine rings is 1. The minimum atomic E-state index is 0.375. The summed E-state index contributed by atoms with van der Waals surface area (Å²) in [4.78, 5) is 11.6. The summed E-state index contributed by atoms with van der Waals surface area (Å²) in [5.74, 6) is 0.936. The molecule has 0 radical (unpaired) electrons. The van der Waals surface area contributed by atoms with E-state index < -0.39 is 0 Å². The van der Waals surface area contributed by atoms with Gasteiger partial charge in [-0.1, -0.05) is 29.3 Å². The van der Waals surface area contributed by atoms with E-state index in [4.69, 9.17) is 28.9 Å². The normalized spacial score (nSPS) is 11.1. The van der Waals surface area contributed by atoms with Gasteiger partial charge in [-0.25, -0.2) is 9.97 Å². The fourth-order valence-electron chi connectivity index (χ4n) is 1.83. The second kappa shape index (κ2) is 4.67. The Hall–Kier alpha value is -1.30. The molecule has 7 heteroatoms. The molecule has 0 aliphatic carbocycles. The second-order valence-electron chi connectivity index (χ2n) is 3.90. The van der Waals surface area contributed by atoms with E-state index in [2.05, 4.69) is 30.9 Å². The van der Waals surface area contributed by atoms with E-state index in [1.54, 1.807) is 24.4 Å². The Morgan fingerprint density at radius 3 is 2.53 bits per heavy atom. The summed E-state index contributed by atoms with van der Waals surface area (Å²) in [6.45, 7) is 0. The van der Waals surface area contributed by atoms with Crippen molar-refractivity contribution in [1.29, 1.82) is 0 Å². The number of aromatic nitrogens is 3. The lowest BCUT2D eigenvalue weighted by Gasteiger charge is -2.02. The molecule has 4 nitrogen and oxygen atoms in total. The number of nitrogens with two attached hydrogens (primary N) is 1. The molecule has 0 spiro atoms. The van der Waals surface area contributed by atoms with Gasteiger partial charge in [0.2, 0.25) is 0 Å². The van der Waals surface area contributed by atoms with Gasteiger partial charge in [0.05, 0.1) is 20.1 Å². The lowest BCUT2D eigenvalue weighted by atomic mass is 10.2. The third kappa shape index (κ3) is 2.08. The van der Waals surface area contributed by atoms with Gasteiger partial charge in [-0.2, -0.15) is 0 Å². The van der Waals surface area contributed by atoms with E-state index in [1.807, 2.05) is 0 Å². The van der Waals surface area contributed by atoms with E-state index in [1.165, 1.54) is 0 Å². The minimum absolute atomic E-state index is 0.375. The number of benzene rings is 1. The fourth-order valence-corrected chi connectivity index (χ4v) is 2.79. The highest BCUT2D eigenvalue weighted by Gasteiger charge is 2.15. The number of imidazole rings is 1. The number of aromatic amines is 1. The summed E-state index contributed by atoms with van der Waals surface area (Å²) in [5, 5.41) is 1.04. The van der Waals surface area contributed by atoms with E-state index in [0.717, 1.165) is 4.47 Å². The summed E-state index contributed by atoms with van der Waals surface area (Å²) in [5.41, 5.74) is 7.82. The third-order valence-corrected chi connectivity index (χ3v) is 3.91. The standard InChI is InChI=1S/C12H7BrCl2N4/c13-5-4-17-11(16)10-9(5)18-12(19-10)8-6(14)2-1-3-7(8)15/h1-4H,(H2,16,17)(H,18,19). The number of anilines is 1. The van der Waals surface area contributed by atoms with Gasteiger partial charge in [-0.05, 0) is 28.1 Å². The number of nitrogens with zero attached hydrogens (tertiary/aromatic N) is 2. The maximum absolute atomic E-state index is 6.17. The summed E-state index contributed by atoms with van der Waals surface area (Å²) in [6.07, 6.45) is 1.61. The molecule has 3 rings (SSSR count). The lowest BCUT2D eigenvalue weighted by Crippen LogP contribution is -1.90. The molecule has 2 aromatic heterocycles. The lowest BCUT2D eigenvalue weighted by molar-refractivity contribution is 1.33. The Bertz CT molecular complexity index is 725. The molecular formula is C12H7BrCl2N4. The van der Waals surface area contributed by atoms with Gasteiger partial charge in [0.15, 0.2) is 0 Å². The van der Waals surface area contributed by atoms with Crippen LogP contribution in [-0.4, -0.2) is 15.0 Å². The van der Waals surface area contributed by atoms with Crippen molar-refractivity contribution in [3.8, 4) is 11.4 Å². The molecular weight excluding hydrogens is 351 g/mol. The molecule has 3 N–H and O–H groups in total. The van der Waals surface area contributed by atoms with Crippen LogP contribution in [0.2, 0.25) is 10.0 Å². The largest absolute Gasteiger partial charge is 0.382 e. The topological polar surface area (TPSA) is 67.6 Å². The molecule has 2 heterocycles. The average Bonchev–Trinajstić information content (AvgIpc) is 2.80. The Balaban J connectivity index is 2.33. The van der Waals surface area contributed by atoms with E-state index >= 15 is 0 Å². The van der Waals surface area contributed by atoms with Gasteiger partial charge < -0.3 is 10.7 Å². The molecule has 3 aromatic rings. The number of hydrogen-bond acceptors (Lipinski definition) is 3. The number of nitrogens with one attached hydrogen (secondary N) is 1. The molecule has 0 saturated heterocycles. The second-order valence-corrected chi connectivity index (χ2v) is 5.57. The number of H-pyrrole nitrogens is 1. The molecule has 0 bridgehead atoms. The minimum Gasteiger partial charge on any atom is -0.382 e. The van der Waals surface area contributed by atoms with Crippen molar-refractivity contribution in [3.63, 3.8) is 0 Å². The zero-order valence-corrected chi connectivity index (χ0v) is 12.5. The number of nitrogen functional groups attached to an aromatic ring is 1. The Kier molecular flexibility index (Phi) is 3.12. The van der Waals surface area contributed by atoms with Crippen LogP contribution in [0, 0.1) is 0 Å². The molecule has 0 aliphatic heterocycles. The van der Waals surface area contributed by atoms with Crippen molar-refractivity contribution < 1.29 is 0 Å². The summed E-state index contributed by atoms with van der Waals surface area (Å²) in [7, 11) is 0. The quantitative estimate of drug-likeness (QED) is 0.683. The van der Waals surface area contributed by atoms with Crippen LogP contribution >= 0.6 is 39.1 Å². The van der Waals surface area contributed by atoms with Crippen molar-refractivity contribution >= 4 is 56.0 Å². The molecule has 96 valence electrons. The van der Waals surface area contributed by atoms with Gasteiger partial charge in [-0.3, -0.25) is 0 Å². The van der Waals surface area contributed by atoms with Crippen LogP contribution in [-0.2, 0) is 0 Å². The Morgan fingerprint density at radius 1 is 1.21 bits per heavy atom. The van der Waals surface area contributed by atoms with E-state index in [-0.39, 0.29) is 0 Å². The molecule has 0 amide bonds. The number of fused-ring (bicyclic) bond motifs is 1. The van der Waals surface area contributed by atoms with E-state index in [0.29, 0.717) is 38.3 Å². The van der Waals surface area contributed by atoms with Crippen LogP contribution in [0.5, 0.6) is 0 Å². The Morgan fingerprint density at radius 2 is 1.89 bits per heavy atom. The first-order chi connectivity index (χ1) is 9.08. The van der Waals surface area contributed by atoms with Gasteiger partial charge >= 0.3 is 0 Å². The van der Waals surface area contributed by atoms with Crippen LogP contribution in [0.4, 0.5) is 5.82 Å². The SMILES string of the molecule is Nc1ncc(Br)c2nc(-c3c(Cl)cccc3Cl)[nH]c12. The summed E-state index contributed by atoms with van der Waals surface area (Å²) >= 11 is 15.7. The van der Waals surface area contributed by atoms with Crippen LogP contribution in [0.3, 0.4) is 0 Å². The number of halogens is 3. The highest BCUT2D eigenvalue weighted by molar-refractivity contribution is 9.10. The Labute approximate surface area is 127 Å². The maximum Gasteiger partial charge on any atom is 0.149 e. The smallest absolute Gasteiger partial charge is 0.149 e. The first-order valence-corrected chi connectivity index (χ1v) is 6.87. The zero-order valence-electron chi connectivity index (χ0n) is 9.42. The van der Waals surface area contributed by atoms with Gasteiger partial charge in [0, 0.05) is 6.20 Å². The summed E-state index contributed by atoms with van der Waals surface area (Å²) < 4.78 is 0.752. The molecule has 0 aliphatic rings. The van der Waals surface area contributed by atoms with Crippen LogP contribution in [0.1, 0.15) is 0 Å². The predicted molar refractivity (Wildman–Crippen MR) is 81.5 cm³/mol. The zero-order chi connectivity index (χ0) is 13.6. The van der Waals surface area contributed by atoms with Gasteiger partial charge in [0.1, 0.15) is 22.7 Å². The van der Waals surface area contributed by atoms with Crippen LogP contribution < -0.4 is 5.73 Å². The van der Waals surface area contributed by atoms with Gasteiger partial charge in [0.25, 0.3) is 0 Å². The molecule has 0 fully saturated rings. The van der Waals surface area contributed by atoms with Crippen molar-refractivity contribution in [2.24, 2.45) is 0 Å². The van der Waals surface area contributed by atoms with Crippen molar-refractivity contribution in [2.45, 2.75) is 0 Å². The maximum atomic E-state index is 6.17. The highest BCUT2D eigenvalue weighted by Crippen LogP contribution is 2.35. The van der Waals surface area contributed by atoms with Crippen molar-refractivity contribution in [3.05, 3.63) is 38.9 Å². The van der Waals surface area contributed by atoms with Crippen LogP contribution in [0.15, 0.2) is 28.9 Å². The van der Waals surface area contributed by atoms with Crippen molar-refractivity contribution in [2.75, 3.05) is 5.73 Å². The number of hydrogen-bond donors (Lipinski definition) is 2.